The van der Waals surface area contributed by atoms with Crippen LogP contribution >= 0.6 is 0 Å². The van der Waals surface area contributed by atoms with Gasteiger partial charge in [-0.1, -0.05) is 25.7 Å². The second-order valence-electron chi connectivity index (χ2n) is 10.3. The molecular formula is C24H34N4O6Si. The van der Waals surface area contributed by atoms with Crippen LogP contribution in [-0.2, 0) is 20.8 Å². The first-order chi connectivity index (χ1) is 16.6. The zero-order valence-electron chi connectivity index (χ0n) is 20.6. The molecule has 35 heavy (non-hydrogen) atoms. The largest absolute Gasteiger partial charge is 0.465 e. The molecule has 1 unspecified atom stereocenters. The second-order valence-corrected chi connectivity index (χ2v) is 15.9. The minimum Gasteiger partial charge on any atom is -0.465 e. The van der Waals surface area contributed by atoms with Crippen molar-refractivity contribution in [2.45, 2.75) is 44.8 Å². The van der Waals surface area contributed by atoms with E-state index in [4.69, 9.17) is 9.47 Å². The zero-order valence-corrected chi connectivity index (χ0v) is 21.6. The third-order valence-corrected chi connectivity index (χ3v) is 8.12. The van der Waals surface area contributed by atoms with Crippen molar-refractivity contribution in [3.63, 3.8) is 0 Å². The van der Waals surface area contributed by atoms with Crippen molar-refractivity contribution in [1.29, 1.82) is 0 Å². The fraction of sp³-hybridized carbons (Fsp3) is 0.542. The maximum absolute atomic E-state index is 13.3. The zero-order chi connectivity index (χ0) is 25.2. The van der Waals surface area contributed by atoms with E-state index in [0.29, 0.717) is 39.4 Å². The van der Waals surface area contributed by atoms with Crippen LogP contribution in [0.5, 0.6) is 0 Å². The molecule has 3 heterocycles. The van der Waals surface area contributed by atoms with Crippen LogP contribution < -0.4 is 4.90 Å². The number of amides is 4. The first kappa shape index (κ1) is 25.2. The van der Waals surface area contributed by atoms with Gasteiger partial charge in [0.25, 0.3) is 0 Å². The van der Waals surface area contributed by atoms with Crippen LogP contribution in [-0.4, -0.2) is 91.3 Å². The Morgan fingerprint density at radius 1 is 1.20 bits per heavy atom. The molecule has 11 heteroatoms. The summed E-state index contributed by atoms with van der Waals surface area (Å²) >= 11 is 0. The summed E-state index contributed by atoms with van der Waals surface area (Å²) in [6.07, 6.45) is 0.970. The van der Waals surface area contributed by atoms with Crippen LogP contribution in [0.1, 0.15) is 6.42 Å². The lowest BCUT2D eigenvalue weighted by molar-refractivity contribution is -0.133. The van der Waals surface area contributed by atoms with Gasteiger partial charge in [-0.15, -0.1) is 0 Å². The van der Waals surface area contributed by atoms with E-state index in [1.807, 2.05) is 35.0 Å². The van der Waals surface area contributed by atoms with E-state index in [2.05, 4.69) is 19.6 Å². The van der Waals surface area contributed by atoms with Gasteiger partial charge in [-0.2, -0.15) is 0 Å². The van der Waals surface area contributed by atoms with E-state index in [-0.39, 0.29) is 31.2 Å². The van der Waals surface area contributed by atoms with E-state index in [9.17, 15) is 19.5 Å². The lowest BCUT2D eigenvalue weighted by Crippen LogP contribution is -2.53. The number of morpholine rings is 1. The molecule has 4 rings (SSSR count). The smallest absolute Gasteiger partial charge is 0.407 e. The molecule has 0 aliphatic carbocycles. The molecule has 1 aromatic carbocycles. The number of fused-ring (bicyclic) bond motifs is 1. The first-order valence-corrected chi connectivity index (χ1v) is 15.7. The van der Waals surface area contributed by atoms with Gasteiger partial charge in [0.05, 0.1) is 37.0 Å². The molecule has 2 saturated heterocycles. The van der Waals surface area contributed by atoms with Crippen LogP contribution in [0, 0.1) is 0 Å². The van der Waals surface area contributed by atoms with Crippen molar-refractivity contribution < 1.29 is 29.0 Å². The quantitative estimate of drug-likeness (QED) is 0.438. The minimum atomic E-state index is -1.27. The predicted molar refractivity (Wildman–Crippen MR) is 134 cm³/mol. The Labute approximate surface area is 206 Å². The Balaban J connectivity index is 1.48. The average molecular weight is 503 g/mol. The van der Waals surface area contributed by atoms with Gasteiger partial charge < -0.3 is 24.0 Å². The number of imide groups is 1. The summed E-state index contributed by atoms with van der Waals surface area (Å²) in [4.78, 5) is 41.3. The Hall–Kier alpha value is -2.89. The number of aromatic nitrogens is 1. The summed E-state index contributed by atoms with van der Waals surface area (Å²) in [6, 6.07) is 8.27. The first-order valence-electron chi connectivity index (χ1n) is 12.0. The number of nitrogens with zero attached hydrogens (tertiary/aromatic N) is 4. The van der Waals surface area contributed by atoms with Crippen molar-refractivity contribution in [2.24, 2.45) is 0 Å². The van der Waals surface area contributed by atoms with Crippen molar-refractivity contribution in [2.75, 3.05) is 44.5 Å². The molecule has 2 aliphatic rings. The van der Waals surface area contributed by atoms with Crippen LogP contribution in [0.3, 0.4) is 0 Å². The van der Waals surface area contributed by atoms with Crippen LogP contribution in [0.25, 0.3) is 10.9 Å². The predicted octanol–water partition coefficient (Wildman–Crippen LogP) is 3.49. The maximum Gasteiger partial charge on any atom is 0.407 e. The third-order valence-electron chi connectivity index (χ3n) is 6.42. The van der Waals surface area contributed by atoms with Crippen LogP contribution in [0.15, 0.2) is 30.5 Å². The highest BCUT2D eigenvalue weighted by Gasteiger charge is 2.34. The van der Waals surface area contributed by atoms with Gasteiger partial charge >= 0.3 is 12.1 Å². The highest BCUT2D eigenvalue weighted by atomic mass is 28.3. The van der Waals surface area contributed by atoms with Crippen molar-refractivity contribution in [3.8, 4) is 0 Å². The van der Waals surface area contributed by atoms with E-state index < -0.39 is 14.2 Å². The van der Waals surface area contributed by atoms with Crippen LogP contribution in [0.4, 0.5) is 15.3 Å². The number of urea groups is 1. The standard InChI is InChI=1S/C24H34N4O6Si/c1-35(2,3)14-13-33-17-28-22(29)8-10-27(23(28)30)21-6-4-5-20-19(21)7-9-25(20)15-18-16-26(24(31)32)11-12-34-18/h4-7,9,18H,8,10-17H2,1-3H3,(H,31,32). The molecule has 0 bridgehead atoms. The lowest BCUT2D eigenvalue weighted by atomic mass is 10.1. The fourth-order valence-corrected chi connectivity index (χ4v) is 5.16. The van der Waals surface area contributed by atoms with Crippen molar-refractivity contribution >= 4 is 42.7 Å². The summed E-state index contributed by atoms with van der Waals surface area (Å²) < 4.78 is 13.5. The highest BCUT2D eigenvalue weighted by Crippen LogP contribution is 2.31. The van der Waals surface area contributed by atoms with Gasteiger partial charge in [0, 0.05) is 45.8 Å². The summed E-state index contributed by atoms with van der Waals surface area (Å²) in [6.45, 7) is 9.13. The summed E-state index contributed by atoms with van der Waals surface area (Å²) in [7, 11) is -1.27. The minimum absolute atomic E-state index is 0.0330. The monoisotopic (exact) mass is 502 g/mol. The normalized spacial score (nSPS) is 19.6. The maximum atomic E-state index is 13.3. The number of benzene rings is 1. The van der Waals surface area contributed by atoms with Crippen molar-refractivity contribution in [1.82, 2.24) is 14.4 Å². The molecule has 4 amide bonds. The Morgan fingerprint density at radius 3 is 2.74 bits per heavy atom. The second kappa shape index (κ2) is 10.4. The molecule has 2 aromatic rings. The molecular weight excluding hydrogens is 468 g/mol. The Bertz CT molecular complexity index is 1100. The summed E-state index contributed by atoms with van der Waals surface area (Å²) in [5.74, 6) is -0.221. The molecule has 1 aromatic heterocycles. The number of ether oxygens (including phenoxy) is 2. The highest BCUT2D eigenvalue weighted by molar-refractivity contribution is 6.76. The number of anilines is 1. The van der Waals surface area contributed by atoms with Gasteiger partial charge in [-0.25, -0.2) is 14.5 Å². The molecule has 1 N–H and O–H groups in total. The van der Waals surface area contributed by atoms with Gasteiger partial charge in [-0.3, -0.25) is 9.69 Å². The number of hydrogen-bond acceptors (Lipinski definition) is 5. The molecule has 0 saturated carbocycles. The molecule has 2 aliphatic heterocycles. The van der Waals surface area contributed by atoms with Gasteiger partial charge in [0.2, 0.25) is 5.91 Å². The Kier molecular flexibility index (Phi) is 7.48. The Morgan fingerprint density at radius 2 is 2.00 bits per heavy atom. The number of carbonyl (C=O) groups excluding carboxylic acids is 2. The summed E-state index contributed by atoms with van der Waals surface area (Å²) in [5.41, 5.74) is 1.66. The number of hydrogen-bond donors (Lipinski definition) is 1. The van der Waals surface area contributed by atoms with E-state index in [1.54, 1.807) is 4.90 Å². The molecule has 1 atom stereocenters. The van der Waals surface area contributed by atoms with Gasteiger partial charge in [-0.05, 0) is 24.2 Å². The van der Waals surface area contributed by atoms with Crippen LogP contribution in [0.2, 0.25) is 25.7 Å². The molecule has 2 fully saturated rings. The fourth-order valence-electron chi connectivity index (χ4n) is 4.40. The van der Waals surface area contributed by atoms with E-state index >= 15 is 0 Å². The van der Waals surface area contributed by atoms with E-state index in [0.717, 1.165) is 22.6 Å². The number of carboxylic acid groups (broad SMARTS) is 1. The average Bonchev–Trinajstić information content (AvgIpc) is 3.21. The number of carbonyl (C=O) groups is 3. The molecule has 190 valence electrons. The molecule has 10 nitrogen and oxygen atoms in total. The molecule has 0 radical (unpaired) electrons. The van der Waals surface area contributed by atoms with Gasteiger partial charge in [0.1, 0.15) is 6.73 Å². The third kappa shape index (κ3) is 5.85. The topological polar surface area (TPSA) is 105 Å². The summed E-state index contributed by atoms with van der Waals surface area (Å²) in [5, 5.41) is 10.2. The van der Waals surface area contributed by atoms with Gasteiger partial charge in [0.15, 0.2) is 0 Å². The van der Waals surface area contributed by atoms with E-state index in [1.165, 1.54) is 9.80 Å². The SMILES string of the molecule is C[Si](C)(C)CCOCN1C(=O)CCN(c2cccc3c2ccn3CC2CN(C(=O)O)CCO2)C1=O. The number of rotatable bonds is 8. The molecule has 0 spiro atoms. The van der Waals surface area contributed by atoms with Crippen molar-refractivity contribution in [3.05, 3.63) is 30.5 Å². The lowest BCUT2D eigenvalue weighted by Gasteiger charge is -2.34.